The summed E-state index contributed by atoms with van der Waals surface area (Å²) in [5.41, 5.74) is 5.92. The van der Waals surface area contributed by atoms with E-state index in [1.54, 1.807) is 0 Å². The molecule has 0 radical (unpaired) electrons. The first-order valence-electron chi connectivity index (χ1n) is 6.39. The second-order valence-corrected chi connectivity index (χ2v) is 4.77. The van der Waals surface area contributed by atoms with Gasteiger partial charge in [0.2, 0.25) is 5.89 Å². The van der Waals surface area contributed by atoms with Crippen molar-refractivity contribution in [2.75, 3.05) is 13.2 Å². The Morgan fingerprint density at radius 1 is 1.53 bits per heavy atom. The van der Waals surface area contributed by atoms with Crippen molar-refractivity contribution in [3.05, 3.63) is 11.7 Å². The van der Waals surface area contributed by atoms with E-state index in [9.17, 15) is 0 Å². The number of hydrogen-bond acceptors (Lipinski definition) is 5. The molecule has 0 saturated heterocycles. The monoisotopic (exact) mass is 239 g/mol. The molecular formula is C12H21N3O2. The summed E-state index contributed by atoms with van der Waals surface area (Å²) in [5, 5.41) is 3.96. The number of nitrogens with zero attached hydrogens (tertiary/aromatic N) is 2. The van der Waals surface area contributed by atoms with E-state index in [0.29, 0.717) is 30.9 Å². The second kappa shape index (κ2) is 5.60. The van der Waals surface area contributed by atoms with Crippen LogP contribution >= 0.6 is 0 Å². The van der Waals surface area contributed by atoms with E-state index < -0.39 is 0 Å². The van der Waals surface area contributed by atoms with Crippen molar-refractivity contribution in [3.8, 4) is 0 Å². The summed E-state index contributed by atoms with van der Waals surface area (Å²) in [6, 6.07) is -0.288. The topological polar surface area (TPSA) is 74.2 Å². The Labute approximate surface area is 102 Å². The van der Waals surface area contributed by atoms with Crippen molar-refractivity contribution in [2.45, 2.75) is 45.1 Å². The molecule has 1 fully saturated rings. The first-order chi connectivity index (χ1) is 8.22. The quantitative estimate of drug-likeness (QED) is 0.850. The maximum Gasteiger partial charge on any atom is 0.230 e. The molecule has 0 amide bonds. The van der Waals surface area contributed by atoms with Crippen LogP contribution in [-0.2, 0) is 4.74 Å². The van der Waals surface area contributed by atoms with Crippen molar-refractivity contribution in [2.24, 2.45) is 11.7 Å². The lowest BCUT2D eigenvalue weighted by atomic mass is 9.98. The van der Waals surface area contributed by atoms with Gasteiger partial charge in [-0.3, -0.25) is 0 Å². The van der Waals surface area contributed by atoms with Crippen molar-refractivity contribution in [3.63, 3.8) is 0 Å². The Balaban J connectivity index is 2.00. The van der Waals surface area contributed by atoms with E-state index in [1.807, 2.05) is 6.92 Å². The predicted molar refractivity (Wildman–Crippen MR) is 63.5 cm³/mol. The van der Waals surface area contributed by atoms with Gasteiger partial charge >= 0.3 is 0 Å². The van der Waals surface area contributed by atoms with Crippen LogP contribution in [0.5, 0.6) is 0 Å². The Bertz CT molecular complexity index is 353. The number of hydrogen-bond donors (Lipinski definition) is 1. The molecule has 2 rings (SSSR count). The second-order valence-electron chi connectivity index (χ2n) is 4.77. The van der Waals surface area contributed by atoms with Gasteiger partial charge in [0.15, 0.2) is 5.82 Å². The molecule has 0 aromatic carbocycles. The Hall–Kier alpha value is -0.940. The van der Waals surface area contributed by atoms with Gasteiger partial charge in [-0.05, 0) is 25.7 Å². The summed E-state index contributed by atoms with van der Waals surface area (Å²) in [6.45, 7) is 5.27. The average Bonchev–Trinajstić information content (AvgIpc) is 2.93. The summed E-state index contributed by atoms with van der Waals surface area (Å²) < 4.78 is 10.6. The van der Waals surface area contributed by atoms with E-state index >= 15 is 0 Å². The molecule has 3 unspecified atom stereocenters. The molecule has 1 aromatic rings. The van der Waals surface area contributed by atoms with E-state index in [-0.39, 0.29) is 6.04 Å². The van der Waals surface area contributed by atoms with Gasteiger partial charge < -0.3 is 15.0 Å². The van der Waals surface area contributed by atoms with E-state index in [4.69, 9.17) is 15.0 Å². The highest BCUT2D eigenvalue weighted by molar-refractivity contribution is 5.01. The molecular weight excluding hydrogens is 218 g/mol. The average molecular weight is 239 g/mol. The molecule has 0 spiro atoms. The van der Waals surface area contributed by atoms with Crippen molar-refractivity contribution in [1.82, 2.24) is 10.1 Å². The summed E-state index contributed by atoms with van der Waals surface area (Å²) in [5.74, 6) is 2.35. The first kappa shape index (κ1) is 12.5. The third-order valence-electron chi connectivity index (χ3n) is 3.47. The molecule has 3 atom stereocenters. The normalized spacial score (nSPS) is 26.3. The van der Waals surface area contributed by atoms with Crippen molar-refractivity contribution < 1.29 is 9.26 Å². The highest BCUT2D eigenvalue weighted by Gasteiger charge is 2.30. The van der Waals surface area contributed by atoms with Gasteiger partial charge in [0.1, 0.15) is 0 Å². The molecule has 1 aromatic heterocycles. The van der Waals surface area contributed by atoms with Crippen LogP contribution in [0.15, 0.2) is 4.52 Å². The van der Waals surface area contributed by atoms with Crippen LogP contribution in [0.1, 0.15) is 56.8 Å². The van der Waals surface area contributed by atoms with Gasteiger partial charge in [-0.1, -0.05) is 18.5 Å². The number of nitrogens with two attached hydrogens (primary N) is 1. The Kier molecular flexibility index (Phi) is 4.12. The van der Waals surface area contributed by atoms with E-state index in [0.717, 1.165) is 12.3 Å². The summed E-state index contributed by atoms with van der Waals surface area (Å²) in [7, 11) is 0. The van der Waals surface area contributed by atoms with Gasteiger partial charge in [-0.25, -0.2) is 0 Å². The zero-order chi connectivity index (χ0) is 12.3. The Morgan fingerprint density at radius 3 is 3.00 bits per heavy atom. The highest BCUT2D eigenvalue weighted by Crippen LogP contribution is 2.38. The molecule has 2 N–H and O–H groups in total. The van der Waals surface area contributed by atoms with Crippen LogP contribution in [-0.4, -0.2) is 23.4 Å². The molecule has 96 valence electrons. The molecule has 1 aliphatic rings. The van der Waals surface area contributed by atoms with Crippen molar-refractivity contribution >= 4 is 0 Å². The van der Waals surface area contributed by atoms with Crippen molar-refractivity contribution in [1.29, 1.82) is 0 Å². The summed E-state index contributed by atoms with van der Waals surface area (Å²) in [4.78, 5) is 4.41. The lowest BCUT2D eigenvalue weighted by molar-refractivity contribution is 0.130. The molecule has 0 aliphatic heterocycles. The molecule has 1 aliphatic carbocycles. The highest BCUT2D eigenvalue weighted by atomic mass is 16.5. The number of ether oxygens (including phenoxy) is 1. The minimum Gasteiger partial charge on any atom is -0.380 e. The van der Waals surface area contributed by atoms with Gasteiger partial charge in [0.25, 0.3) is 0 Å². The van der Waals surface area contributed by atoms with Crippen LogP contribution in [0.25, 0.3) is 0 Å². The maximum absolute atomic E-state index is 5.92. The van der Waals surface area contributed by atoms with Crippen LogP contribution in [0, 0.1) is 5.92 Å². The molecule has 5 nitrogen and oxygen atoms in total. The fraction of sp³-hybridized carbons (Fsp3) is 0.833. The zero-order valence-corrected chi connectivity index (χ0v) is 10.6. The minimum absolute atomic E-state index is 0.288. The van der Waals surface area contributed by atoms with Gasteiger partial charge in [-0.2, -0.15) is 4.98 Å². The summed E-state index contributed by atoms with van der Waals surface area (Å²) in [6.07, 6.45) is 3.63. The largest absolute Gasteiger partial charge is 0.380 e. The van der Waals surface area contributed by atoms with Gasteiger partial charge in [-0.15, -0.1) is 0 Å². The number of aromatic nitrogens is 2. The third-order valence-corrected chi connectivity index (χ3v) is 3.47. The standard InChI is InChI=1S/C12H21N3O2/c1-3-16-7-10(13)11-14-12(17-15-11)9-6-4-5-8(9)2/h8-10H,3-7,13H2,1-2H3. The lowest BCUT2D eigenvalue weighted by Gasteiger charge is -2.09. The fourth-order valence-electron chi connectivity index (χ4n) is 2.38. The molecule has 0 bridgehead atoms. The zero-order valence-electron chi connectivity index (χ0n) is 10.6. The SMILES string of the molecule is CCOCC(N)c1noc(C2CCCC2C)n1. The smallest absolute Gasteiger partial charge is 0.230 e. The number of rotatable bonds is 5. The van der Waals surface area contributed by atoms with E-state index in [1.165, 1.54) is 12.8 Å². The van der Waals surface area contributed by atoms with Crippen LogP contribution in [0.4, 0.5) is 0 Å². The predicted octanol–water partition coefficient (Wildman–Crippen LogP) is 2.01. The first-order valence-corrected chi connectivity index (χ1v) is 6.39. The van der Waals surface area contributed by atoms with Gasteiger partial charge in [0.05, 0.1) is 12.6 Å². The minimum atomic E-state index is -0.288. The van der Waals surface area contributed by atoms with Crippen LogP contribution in [0.3, 0.4) is 0 Å². The molecule has 1 saturated carbocycles. The third kappa shape index (κ3) is 2.84. The molecule has 1 heterocycles. The lowest BCUT2D eigenvalue weighted by Crippen LogP contribution is -2.18. The summed E-state index contributed by atoms with van der Waals surface area (Å²) >= 11 is 0. The fourth-order valence-corrected chi connectivity index (χ4v) is 2.38. The maximum atomic E-state index is 5.92. The molecule has 5 heteroatoms. The van der Waals surface area contributed by atoms with Crippen LogP contribution < -0.4 is 5.73 Å². The van der Waals surface area contributed by atoms with E-state index in [2.05, 4.69) is 17.1 Å². The van der Waals surface area contributed by atoms with Crippen LogP contribution in [0.2, 0.25) is 0 Å². The molecule has 17 heavy (non-hydrogen) atoms. The van der Waals surface area contributed by atoms with Gasteiger partial charge in [0, 0.05) is 12.5 Å². The Morgan fingerprint density at radius 2 is 2.35 bits per heavy atom.